The fourth-order valence-corrected chi connectivity index (χ4v) is 2.63. The number of benzene rings is 1. The molecule has 0 bridgehead atoms. The Kier molecular flexibility index (Phi) is 3.97. The molecular weight excluding hydrogens is 258 g/mol. The van der Waals surface area contributed by atoms with Gasteiger partial charge in [0.15, 0.2) is 0 Å². The van der Waals surface area contributed by atoms with Crippen molar-refractivity contribution in [1.82, 2.24) is 0 Å². The van der Waals surface area contributed by atoms with E-state index in [2.05, 4.69) is 5.32 Å². The average molecular weight is 277 g/mol. The Balaban J connectivity index is 2.12. The van der Waals surface area contributed by atoms with Crippen molar-refractivity contribution in [3.8, 4) is 5.75 Å². The topological polar surface area (TPSA) is 86.6 Å². The Labute approximate surface area is 117 Å². The highest BCUT2D eigenvalue weighted by molar-refractivity contribution is 5.97. The van der Waals surface area contributed by atoms with Gasteiger partial charge < -0.3 is 15.5 Å². The molecule has 1 aliphatic carbocycles. The Hall–Kier alpha value is -2.04. The average Bonchev–Trinajstić information content (AvgIpc) is 2.39. The molecule has 1 fully saturated rings. The molecule has 0 heterocycles. The molecule has 0 aliphatic heterocycles. The lowest BCUT2D eigenvalue weighted by Crippen LogP contribution is -2.35. The molecule has 0 radical (unpaired) electrons. The van der Waals surface area contributed by atoms with E-state index in [1.165, 1.54) is 18.2 Å². The Bertz CT molecular complexity index is 533. The first-order valence-corrected chi connectivity index (χ1v) is 6.80. The van der Waals surface area contributed by atoms with Crippen molar-refractivity contribution in [1.29, 1.82) is 0 Å². The van der Waals surface area contributed by atoms with E-state index in [9.17, 15) is 14.7 Å². The van der Waals surface area contributed by atoms with Crippen LogP contribution in [-0.4, -0.2) is 22.1 Å². The Morgan fingerprint density at radius 2 is 1.85 bits per heavy atom. The maximum Gasteiger partial charge on any atom is 0.339 e. The highest BCUT2D eigenvalue weighted by Gasteiger charge is 2.34. The number of carbonyl (C=O) groups excluding carboxylic acids is 1. The van der Waals surface area contributed by atoms with E-state index in [0.717, 1.165) is 32.1 Å². The lowest BCUT2D eigenvalue weighted by Gasteiger charge is -2.32. The monoisotopic (exact) mass is 277 g/mol. The fourth-order valence-electron chi connectivity index (χ4n) is 2.63. The van der Waals surface area contributed by atoms with Crippen molar-refractivity contribution in [2.45, 2.75) is 39.0 Å². The lowest BCUT2D eigenvalue weighted by atomic mass is 9.75. The molecule has 1 aromatic carbocycles. The SMILES string of the molecule is CC1(C(=O)Nc2ccc(C(=O)O)c(O)c2)CCCCC1. The molecule has 2 rings (SSSR count). The summed E-state index contributed by atoms with van der Waals surface area (Å²) < 4.78 is 0. The summed E-state index contributed by atoms with van der Waals surface area (Å²) in [6.07, 6.45) is 4.98. The number of aromatic hydroxyl groups is 1. The van der Waals surface area contributed by atoms with E-state index in [4.69, 9.17) is 5.11 Å². The lowest BCUT2D eigenvalue weighted by molar-refractivity contribution is -0.126. The van der Waals surface area contributed by atoms with Gasteiger partial charge in [0.05, 0.1) is 0 Å². The molecule has 0 aromatic heterocycles. The highest BCUT2D eigenvalue weighted by Crippen LogP contribution is 2.37. The van der Waals surface area contributed by atoms with Gasteiger partial charge in [-0.2, -0.15) is 0 Å². The van der Waals surface area contributed by atoms with Gasteiger partial charge in [-0.15, -0.1) is 0 Å². The van der Waals surface area contributed by atoms with Crippen molar-refractivity contribution in [2.24, 2.45) is 5.41 Å². The normalized spacial score (nSPS) is 17.4. The number of carboxylic acid groups (broad SMARTS) is 1. The number of phenols is 1. The minimum atomic E-state index is -1.19. The highest BCUT2D eigenvalue weighted by atomic mass is 16.4. The maximum absolute atomic E-state index is 12.3. The van der Waals surface area contributed by atoms with Crippen LogP contribution >= 0.6 is 0 Å². The minimum absolute atomic E-state index is 0.0697. The van der Waals surface area contributed by atoms with Crippen molar-refractivity contribution >= 4 is 17.6 Å². The number of anilines is 1. The van der Waals surface area contributed by atoms with Crippen LogP contribution in [0.2, 0.25) is 0 Å². The standard InChI is InChI=1S/C15H19NO4/c1-15(7-3-2-4-8-15)14(20)16-10-5-6-11(13(18)19)12(17)9-10/h5-6,9,17H,2-4,7-8H2,1H3,(H,16,20)(H,18,19). The van der Waals surface area contributed by atoms with Crippen molar-refractivity contribution in [2.75, 3.05) is 5.32 Å². The van der Waals surface area contributed by atoms with Crippen LogP contribution in [0, 0.1) is 5.41 Å². The number of rotatable bonds is 3. The van der Waals surface area contributed by atoms with E-state index in [-0.39, 0.29) is 22.6 Å². The third kappa shape index (κ3) is 2.92. The van der Waals surface area contributed by atoms with E-state index in [1.54, 1.807) is 0 Å². The number of aromatic carboxylic acids is 1. The van der Waals surface area contributed by atoms with Gasteiger partial charge in [0.25, 0.3) is 0 Å². The molecule has 5 heteroatoms. The molecule has 20 heavy (non-hydrogen) atoms. The summed E-state index contributed by atoms with van der Waals surface area (Å²) in [6.45, 7) is 1.95. The third-order valence-corrected chi connectivity index (χ3v) is 3.99. The second kappa shape index (κ2) is 5.53. The van der Waals surface area contributed by atoms with Crippen molar-refractivity contribution in [3.05, 3.63) is 23.8 Å². The van der Waals surface area contributed by atoms with Gasteiger partial charge in [0.1, 0.15) is 11.3 Å². The summed E-state index contributed by atoms with van der Waals surface area (Å²) >= 11 is 0. The smallest absolute Gasteiger partial charge is 0.339 e. The first-order chi connectivity index (χ1) is 9.42. The maximum atomic E-state index is 12.3. The molecule has 5 nitrogen and oxygen atoms in total. The van der Waals surface area contributed by atoms with Crippen molar-refractivity contribution < 1.29 is 19.8 Å². The number of amides is 1. The molecule has 3 N–H and O–H groups in total. The number of carboxylic acids is 1. The fraction of sp³-hybridized carbons (Fsp3) is 0.467. The number of hydrogen-bond acceptors (Lipinski definition) is 3. The summed E-state index contributed by atoms with van der Waals surface area (Å²) in [5, 5.41) is 21.2. The molecule has 1 saturated carbocycles. The van der Waals surface area contributed by atoms with Gasteiger partial charge in [0, 0.05) is 17.2 Å². The molecule has 0 spiro atoms. The van der Waals surface area contributed by atoms with Crippen LogP contribution in [0.1, 0.15) is 49.4 Å². The predicted molar refractivity (Wildman–Crippen MR) is 74.9 cm³/mol. The summed E-state index contributed by atoms with van der Waals surface area (Å²) in [7, 11) is 0. The van der Waals surface area contributed by atoms with E-state index >= 15 is 0 Å². The quantitative estimate of drug-likeness (QED) is 0.792. The summed E-state index contributed by atoms with van der Waals surface area (Å²) in [6, 6.07) is 4.05. The molecule has 1 aliphatic rings. The largest absolute Gasteiger partial charge is 0.507 e. The summed E-state index contributed by atoms with van der Waals surface area (Å²) in [4.78, 5) is 23.1. The summed E-state index contributed by atoms with van der Waals surface area (Å²) in [5.41, 5.74) is -0.129. The Morgan fingerprint density at radius 3 is 2.40 bits per heavy atom. The van der Waals surface area contributed by atoms with Gasteiger partial charge in [-0.25, -0.2) is 4.79 Å². The number of hydrogen-bond donors (Lipinski definition) is 3. The second-order valence-electron chi connectivity index (χ2n) is 5.61. The van der Waals surface area contributed by atoms with Crippen LogP contribution < -0.4 is 5.32 Å². The Morgan fingerprint density at radius 1 is 1.20 bits per heavy atom. The third-order valence-electron chi connectivity index (χ3n) is 3.99. The molecule has 0 atom stereocenters. The zero-order chi connectivity index (χ0) is 14.8. The molecule has 0 saturated heterocycles. The van der Waals surface area contributed by atoms with Crippen LogP contribution in [0.15, 0.2) is 18.2 Å². The van der Waals surface area contributed by atoms with E-state index in [0.29, 0.717) is 5.69 Å². The van der Waals surface area contributed by atoms with Gasteiger partial charge in [-0.05, 0) is 25.0 Å². The van der Waals surface area contributed by atoms with Gasteiger partial charge >= 0.3 is 5.97 Å². The van der Waals surface area contributed by atoms with Crippen LogP contribution in [0.25, 0.3) is 0 Å². The zero-order valence-corrected chi connectivity index (χ0v) is 11.5. The molecule has 1 amide bonds. The van der Waals surface area contributed by atoms with Gasteiger partial charge in [-0.1, -0.05) is 26.2 Å². The van der Waals surface area contributed by atoms with Crippen LogP contribution in [0.4, 0.5) is 5.69 Å². The zero-order valence-electron chi connectivity index (χ0n) is 11.5. The number of carbonyl (C=O) groups is 2. The first kappa shape index (κ1) is 14.4. The molecule has 0 unspecified atom stereocenters. The second-order valence-corrected chi connectivity index (χ2v) is 5.61. The predicted octanol–water partition coefficient (Wildman–Crippen LogP) is 3.00. The van der Waals surface area contributed by atoms with Crippen LogP contribution in [0.5, 0.6) is 5.75 Å². The summed E-state index contributed by atoms with van der Waals surface area (Å²) in [5.74, 6) is -1.61. The van der Waals surface area contributed by atoms with Gasteiger partial charge in [0.2, 0.25) is 5.91 Å². The van der Waals surface area contributed by atoms with E-state index < -0.39 is 5.97 Å². The minimum Gasteiger partial charge on any atom is -0.507 e. The molecule has 108 valence electrons. The van der Waals surface area contributed by atoms with Crippen LogP contribution in [0.3, 0.4) is 0 Å². The van der Waals surface area contributed by atoms with Crippen molar-refractivity contribution in [3.63, 3.8) is 0 Å². The first-order valence-electron chi connectivity index (χ1n) is 6.80. The van der Waals surface area contributed by atoms with Crippen LogP contribution in [-0.2, 0) is 4.79 Å². The van der Waals surface area contributed by atoms with Gasteiger partial charge in [-0.3, -0.25) is 4.79 Å². The molecule has 1 aromatic rings. The molecular formula is C15H19NO4. The van der Waals surface area contributed by atoms with E-state index in [1.807, 2.05) is 6.92 Å². The number of nitrogens with one attached hydrogen (secondary N) is 1.